The Labute approximate surface area is 96.4 Å². The lowest BCUT2D eigenvalue weighted by Gasteiger charge is -2.15. The summed E-state index contributed by atoms with van der Waals surface area (Å²) in [5.41, 5.74) is 0.0279. The average Bonchev–Trinajstić information content (AvgIpc) is 2.14. The molecule has 0 unspecified atom stereocenters. The average molecular weight is 244 g/mol. The van der Waals surface area contributed by atoms with Gasteiger partial charge >= 0.3 is 0 Å². The molecule has 82 valence electrons. The van der Waals surface area contributed by atoms with Crippen molar-refractivity contribution in [2.24, 2.45) is 0 Å². The van der Waals surface area contributed by atoms with Gasteiger partial charge in [0, 0.05) is 10.8 Å². The SMILES string of the molecule is CC(C)(C)SSc1ccc([N+](=O)[O-])cn1. The third-order valence-electron chi connectivity index (χ3n) is 1.31. The molecule has 0 aliphatic carbocycles. The molecule has 1 rings (SSSR count). The summed E-state index contributed by atoms with van der Waals surface area (Å²) in [5, 5.41) is 11.2. The molecule has 15 heavy (non-hydrogen) atoms. The molecular formula is C9H12N2O2S2. The van der Waals surface area contributed by atoms with Crippen LogP contribution in [0.4, 0.5) is 5.69 Å². The Morgan fingerprint density at radius 1 is 1.40 bits per heavy atom. The van der Waals surface area contributed by atoms with Crippen molar-refractivity contribution < 1.29 is 4.92 Å². The summed E-state index contributed by atoms with van der Waals surface area (Å²) in [6.07, 6.45) is 1.28. The second kappa shape index (κ2) is 4.85. The Kier molecular flexibility index (Phi) is 3.98. The number of nitrogens with zero attached hydrogens (tertiary/aromatic N) is 2. The van der Waals surface area contributed by atoms with Crippen molar-refractivity contribution in [3.05, 3.63) is 28.4 Å². The second-order valence-corrected chi connectivity index (χ2v) is 6.87. The first kappa shape index (κ1) is 12.3. The molecule has 1 aromatic rings. The van der Waals surface area contributed by atoms with E-state index in [0.29, 0.717) is 0 Å². The third kappa shape index (κ3) is 4.53. The van der Waals surface area contributed by atoms with E-state index in [9.17, 15) is 10.1 Å². The maximum atomic E-state index is 10.4. The summed E-state index contributed by atoms with van der Waals surface area (Å²) < 4.78 is 0.147. The molecule has 0 fully saturated rings. The van der Waals surface area contributed by atoms with Crippen LogP contribution in [0.3, 0.4) is 0 Å². The highest BCUT2D eigenvalue weighted by atomic mass is 33.1. The Bertz CT molecular complexity index is 346. The highest BCUT2D eigenvalue weighted by molar-refractivity contribution is 8.77. The molecule has 0 aliphatic rings. The van der Waals surface area contributed by atoms with Crippen LogP contribution in [0.15, 0.2) is 23.4 Å². The number of hydrogen-bond acceptors (Lipinski definition) is 5. The van der Waals surface area contributed by atoms with E-state index in [0.717, 1.165) is 5.03 Å². The van der Waals surface area contributed by atoms with E-state index < -0.39 is 4.92 Å². The van der Waals surface area contributed by atoms with Gasteiger partial charge in [-0.1, -0.05) is 31.6 Å². The summed E-state index contributed by atoms with van der Waals surface area (Å²) >= 11 is 0. The van der Waals surface area contributed by atoms with Gasteiger partial charge in [-0.3, -0.25) is 10.1 Å². The molecule has 0 amide bonds. The normalized spacial score (nSPS) is 11.4. The van der Waals surface area contributed by atoms with Crippen LogP contribution >= 0.6 is 21.6 Å². The summed E-state index contributed by atoms with van der Waals surface area (Å²) in [5.74, 6) is 0. The minimum absolute atomic E-state index is 0.0279. The van der Waals surface area contributed by atoms with Crippen LogP contribution in [-0.4, -0.2) is 14.7 Å². The van der Waals surface area contributed by atoms with Crippen LogP contribution in [0, 0.1) is 10.1 Å². The van der Waals surface area contributed by atoms with Gasteiger partial charge in [0.25, 0.3) is 5.69 Å². The molecule has 0 bridgehead atoms. The zero-order chi connectivity index (χ0) is 11.5. The van der Waals surface area contributed by atoms with Crippen molar-refractivity contribution >= 4 is 27.3 Å². The van der Waals surface area contributed by atoms with Crippen LogP contribution in [-0.2, 0) is 0 Å². The summed E-state index contributed by atoms with van der Waals surface area (Å²) in [4.78, 5) is 13.9. The van der Waals surface area contributed by atoms with Crippen LogP contribution < -0.4 is 0 Å². The standard InChI is InChI=1S/C9H12N2O2S2/c1-9(2,3)15-14-8-5-4-7(6-10-8)11(12)13/h4-6H,1-3H3. The Morgan fingerprint density at radius 2 is 2.07 bits per heavy atom. The van der Waals surface area contributed by atoms with Crippen molar-refractivity contribution in [1.29, 1.82) is 0 Å². The lowest BCUT2D eigenvalue weighted by Crippen LogP contribution is -2.04. The van der Waals surface area contributed by atoms with Crippen molar-refractivity contribution in [1.82, 2.24) is 4.98 Å². The van der Waals surface area contributed by atoms with E-state index in [-0.39, 0.29) is 10.4 Å². The zero-order valence-electron chi connectivity index (χ0n) is 8.76. The van der Waals surface area contributed by atoms with Crippen molar-refractivity contribution in [2.45, 2.75) is 30.5 Å². The van der Waals surface area contributed by atoms with Gasteiger partial charge < -0.3 is 0 Å². The lowest BCUT2D eigenvalue weighted by atomic mass is 10.3. The van der Waals surface area contributed by atoms with Gasteiger partial charge in [-0.2, -0.15) is 0 Å². The molecule has 0 saturated carbocycles. The molecule has 0 saturated heterocycles. The first-order chi connectivity index (χ1) is 6.88. The monoisotopic (exact) mass is 244 g/mol. The van der Waals surface area contributed by atoms with Crippen LogP contribution in [0.1, 0.15) is 20.8 Å². The first-order valence-corrected chi connectivity index (χ1v) is 6.49. The summed E-state index contributed by atoms with van der Waals surface area (Å²) in [6.45, 7) is 6.32. The summed E-state index contributed by atoms with van der Waals surface area (Å²) in [6, 6.07) is 3.14. The number of hydrogen-bond donors (Lipinski definition) is 0. The van der Waals surface area contributed by atoms with Crippen molar-refractivity contribution in [3.63, 3.8) is 0 Å². The first-order valence-electron chi connectivity index (χ1n) is 4.34. The minimum Gasteiger partial charge on any atom is -0.258 e. The van der Waals surface area contributed by atoms with E-state index in [1.807, 2.05) is 0 Å². The molecular weight excluding hydrogens is 232 g/mol. The fourth-order valence-corrected chi connectivity index (χ4v) is 2.55. The van der Waals surface area contributed by atoms with Gasteiger partial charge in [-0.05, 0) is 16.9 Å². The maximum Gasteiger partial charge on any atom is 0.287 e. The molecule has 0 spiro atoms. The molecule has 0 aliphatic heterocycles. The molecule has 0 radical (unpaired) electrons. The highest BCUT2D eigenvalue weighted by Gasteiger charge is 2.13. The quantitative estimate of drug-likeness (QED) is 0.462. The second-order valence-electron chi connectivity index (χ2n) is 3.89. The van der Waals surface area contributed by atoms with E-state index in [1.54, 1.807) is 16.9 Å². The number of pyridine rings is 1. The molecule has 1 heterocycles. The van der Waals surface area contributed by atoms with Crippen molar-refractivity contribution in [2.75, 3.05) is 0 Å². The molecule has 1 aromatic heterocycles. The van der Waals surface area contributed by atoms with Gasteiger partial charge in [0.15, 0.2) is 0 Å². The molecule has 6 heteroatoms. The van der Waals surface area contributed by atoms with E-state index in [4.69, 9.17) is 0 Å². The van der Waals surface area contributed by atoms with Crippen LogP contribution in [0.2, 0.25) is 0 Å². The number of aromatic nitrogens is 1. The number of nitro groups is 1. The van der Waals surface area contributed by atoms with Gasteiger partial charge in [-0.25, -0.2) is 4.98 Å². The largest absolute Gasteiger partial charge is 0.287 e. The molecule has 0 aromatic carbocycles. The fourth-order valence-electron chi connectivity index (χ4n) is 0.697. The van der Waals surface area contributed by atoms with Crippen LogP contribution in [0.5, 0.6) is 0 Å². The molecule has 0 N–H and O–H groups in total. The van der Waals surface area contributed by atoms with Crippen LogP contribution in [0.25, 0.3) is 0 Å². The number of rotatable bonds is 3. The van der Waals surface area contributed by atoms with Gasteiger partial charge in [-0.15, -0.1) is 0 Å². The van der Waals surface area contributed by atoms with Crippen molar-refractivity contribution in [3.8, 4) is 0 Å². The smallest absolute Gasteiger partial charge is 0.258 e. The lowest BCUT2D eigenvalue weighted by molar-refractivity contribution is -0.385. The van der Waals surface area contributed by atoms with Gasteiger partial charge in [0.05, 0.1) is 4.92 Å². The van der Waals surface area contributed by atoms with Gasteiger partial charge in [0.1, 0.15) is 11.2 Å². The third-order valence-corrected chi connectivity index (χ3v) is 4.57. The van der Waals surface area contributed by atoms with E-state index in [2.05, 4.69) is 25.8 Å². The Balaban J connectivity index is 2.61. The van der Waals surface area contributed by atoms with E-state index >= 15 is 0 Å². The zero-order valence-corrected chi connectivity index (χ0v) is 10.4. The molecule has 0 atom stereocenters. The molecule has 4 nitrogen and oxygen atoms in total. The minimum atomic E-state index is -0.446. The Morgan fingerprint density at radius 3 is 2.47 bits per heavy atom. The maximum absolute atomic E-state index is 10.4. The summed E-state index contributed by atoms with van der Waals surface area (Å²) in [7, 11) is 3.22. The predicted molar refractivity (Wildman–Crippen MR) is 64.1 cm³/mol. The topological polar surface area (TPSA) is 56.0 Å². The highest BCUT2D eigenvalue weighted by Crippen LogP contribution is 2.39. The van der Waals surface area contributed by atoms with Gasteiger partial charge in [0.2, 0.25) is 0 Å². The predicted octanol–water partition coefficient (Wildman–Crippen LogP) is 3.53. The van der Waals surface area contributed by atoms with E-state index in [1.165, 1.54) is 23.1 Å². The fraction of sp³-hybridized carbons (Fsp3) is 0.444. The Hall–Kier alpha value is -0.750.